The predicted octanol–water partition coefficient (Wildman–Crippen LogP) is 3.95. The molecule has 7 heteroatoms. The average Bonchev–Trinajstić information content (AvgIpc) is 2.50. The molecule has 1 amide bonds. The van der Waals surface area contributed by atoms with Crippen LogP contribution in [0, 0.1) is 5.82 Å². The molecule has 120 valence electrons. The molecule has 1 atom stereocenters. The van der Waals surface area contributed by atoms with Crippen molar-refractivity contribution in [3.05, 3.63) is 65.5 Å². The Hall–Kier alpha value is -2.57. The number of hydrogen-bond acceptors (Lipinski definition) is 2. The fourth-order valence-corrected chi connectivity index (χ4v) is 2.56. The largest absolute Gasteiger partial charge is 0.406 e. The smallest absolute Gasteiger partial charge is 0.361 e. The maximum atomic E-state index is 13.1. The van der Waals surface area contributed by atoms with Gasteiger partial charge in [0.05, 0.1) is 5.56 Å². The Bertz CT molecular complexity index is 728. The zero-order chi connectivity index (χ0) is 16.6. The van der Waals surface area contributed by atoms with Crippen molar-refractivity contribution in [3.63, 3.8) is 0 Å². The second-order valence-corrected chi connectivity index (χ2v) is 5.19. The summed E-state index contributed by atoms with van der Waals surface area (Å²) in [6.07, 6.45) is -5.55. The molecule has 1 heterocycles. The molecule has 2 aromatic carbocycles. The van der Waals surface area contributed by atoms with E-state index in [1.165, 1.54) is 18.2 Å². The Kier molecular flexibility index (Phi) is 3.71. The number of hydrogen-bond donors (Lipinski definition) is 1. The second-order valence-electron chi connectivity index (χ2n) is 5.19. The molecule has 3 nitrogen and oxygen atoms in total. The van der Waals surface area contributed by atoms with Gasteiger partial charge in [0.1, 0.15) is 18.5 Å². The van der Waals surface area contributed by atoms with E-state index in [0.29, 0.717) is 16.2 Å². The molecule has 0 aromatic heterocycles. The lowest BCUT2D eigenvalue weighted by Crippen LogP contribution is -2.47. The monoisotopic (exact) mass is 324 g/mol. The van der Waals surface area contributed by atoms with E-state index in [1.807, 2.05) is 0 Å². The molecule has 0 saturated carbocycles. The molecule has 1 unspecified atom stereocenters. The standard InChI is InChI=1S/C16H12F4N2O/c17-11-7-5-10(6-8-11)14-21-13-4-2-1-3-12(13)15(23)22(14)9-16(18,19)20/h1-8,14,21H,9H2. The zero-order valence-corrected chi connectivity index (χ0v) is 11.8. The van der Waals surface area contributed by atoms with Crippen molar-refractivity contribution < 1.29 is 22.4 Å². The fraction of sp³-hybridized carbons (Fsp3) is 0.188. The molecule has 0 saturated heterocycles. The highest BCUT2D eigenvalue weighted by Crippen LogP contribution is 2.35. The van der Waals surface area contributed by atoms with Gasteiger partial charge in [0, 0.05) is 5.69 Å². The van der Waals surface area contributed by atoms with E-state index in [1.54, 1.807) is 18.2 Å². The molecule has 3 rings (SSSR count). The average molecular weight is 324 g/mol. The van der Waals surface area contributed by atoms with Gasteiger partial charge >= 0.3 is 6.18 Å². The zero-order valence-electron chi connectivity index (χ0n) is 11.8. The summed E-state index contributed by atoms with van der Waals surface area (Å²) in [5.74, 6) is -1.22. The summed E-state index contributed by atoms with van der Waals surface area (Å²) < 4.78 is 51.6. The number of benzene rings is 2. The molecule has 0 aliphatic carbocycles. The van der Waals surface area contributed by atoms with Crippen LogP contribution in [0.3, 0.4) is 0 Å². The summed E-state index contributed by atoms with van der Waals surface area (Å²) in [6, 6.07) is 11.4. The summed E-state index contributed by atoms with van der Waals surface area (Å²) in [7, 11) is 0. The van der Waals surface area contributed by atoms with Crippen LogP contribution < -0.4 is 5.32 Å². The van der Waals surface area contributed by atoms with Crippen LogP contribution >= 0.6 is 0 Å². The number of fused-ring (bicyclic) bond motifs is 1. The second kappa shape index (κ2) is 5.57. The maximum Gasteiger partial charge on any atom is 0.406 e. The van der Waals surface area contributed by atoms with Gasteiger partial charge < -0.3 is 10.2 Å². The van der Waals surface area contributed by atoms with Gasteiger partial charge in [0.15, 0.2) is 0 Å². The van der Waals surface area contributed by atoms with Gasteiger partial charge in [-0.3, -0.25) is 4.79 Å². The van der Waals surface area contributed by atoms with Crippen molar-refractivity contribution >= 4 is 11.6 Å². The van der Waals surface area contributed by atoms with E-state index < -0.39 is 30.6 Å². The number of anilines is 1. The lowest BCUT2D eigenvalue weighted by molar-refractivity contribution is -0.144. The van der Waals surface area contributed by atoms with Crippen LogP contribution in [0.25, 0.3) is 0 Å². The summed E-state index contributed by atoms with van der Waals surface area (Å²) in [5.41, 5.74) is 0.999. The van der Waals surface area contributed by atoms with Crippen LogP contribution in [0.15, 0.2) is 48.5 Å². The molecule has 0 bridgehead atoms. The van der Waals surface area contributed by atoms with E-state index in [0.717, 1.165) is 12.1 Å². The molecular formula is C16H12F4N2O. The van der Waals surface area contributed by atoms with Crippen molar-refractivity contribution in [1.82, 2.24) is 4.90 Å². The molecule has 23 heavy (non-hydrogen) atoms. The van der Waals surface area contributed by atoms with Gasteiger partial charge in [-0.05, 0) is 29.8 Å². The summed E-state index contributed by atoms with van der Waals surface area (Å²) >= 11 is 0. The highest BCUT2D eigenvalue weighted by Gasteiger charge is 2.40. The third-order valence-electron chi connectivity index (χ3n) is 3.56. The van der Waals surface area contributed by atoms with E-state index in [2.05, 4.69) is 5.32 Å². The van der Waals surface area contributed by atoms with Gasteiger partial charge in [-0.1, -0.05) is 24.3 Å². The van der Waals surface area contributed by atoms with Crippen LogP contribution in [0.5, 0.6) is 0 Å². The van der Waals surface area contributed by atoms with Gasteiger partial charge in [-0.25, -0.2) is 4.39 Å². The molecule has 0 radical (unpaired) electrons. The summed E-state index contributed by atoms with van der Waals surface area (Å²) in [6.45, 7) is -1.39. The molecule has 1 aliphatic heterocycles. The molecule has 2 aromatic rings. The maximum absolute atomic E-state index is 13.1. The van der Waals surface area contributed by atoms with Crippen LogP contribution in [-0.2, 0) is 0 Å². The first-order chi connectivity index (χ1) is 10.8. The van der Waals surface area contributed by atoms with Crippen LogP contribution in [0.2, 0.25) is 0 Å². The SMILES string of the molecule is O=C1c2ccccc2NC(c2ccc(F)cc2)N1CC(F)(F)F. The Morgan fingerprint density at radius 3 is 2.35 bits per heavy atom. The number of carbonyl (C=O) groups is 1. The van der Waals surface area contributed by atoms with Gasteiger partial charge in [0.25, 0.3) is 5.91 Å². The third-order valence-corrected chi connectivity index (χ3v) is 3.56. The first-order valence-electron chi connectivity index (χ1n) is 6.84. The number of rotatable bonds is 2. The van der Waals surface area contributed by atoms with Crippen LogP contribution in [0.1, 0.15) is 22.1 Å². The quantitative estimate of drug-likeness (QED) is 0.848. The number of alkyl halides is 3. The molecule has 0 spiro atoms. The van der Waals surface area contributed by atoms with E-state index in [9.17, 15) is 22.4 Å². The van der Waals surface area contributed by atoms with Crippen molar-refractivity contribution in [3.8, 4) is 0 Å². The Morgan fingerprint density at radius 2 is 1.70 bits per heavy atom. The van der Waals surface area contributed by atoms with Crippen molar-refractivity contribution in [1.29, 1.82) is 0 Å². The first-order valence-corrected chi connectivity index (χ1v) is 6.84. The normalized spacial score (nSPS) is 17.7. The lowest BCUT2D eigenvalue weighted by Gasteiger charge is -2.38. The fourth-order valence-electron chi connectivity index (χ4n) is 2.56. The van der Waals surface area contributed by atoms with Gasteiger partial charge in [-0.15, -0.1) is 0 Å². The minimum Gasteiger partial charge on any atom is -0.361 e. The van der Waals surface area contributed by atoms with Gasteiger partial charge in [0.2, 0.25) is 0 Å². The van der Waals surface area contributed by atoms with Gasteiger partial charge in [-0.2, -0.15) is 13.2 Å². The number of para-hydroxylation sites is 1. The van der Waals surface area contributed by atoms with Crippen molar-refractivity contribution in [2.24, 2.45) is 0 Å². The Morgan fingerprint density at radius 1 is 1.04 bits per heavy atom. The summed E-state index contributed by atoms with van der Waals surface area (Å²) in [5, 5.41) is 2.92. The van der Waals surface area contributed by atoms with Crippen LogP contribution in [-0.4, -0.2) is 23.5 Å². The highest BCUT2D eigenvalue weighted by atomic mass is 19.4. The van der Waals surface area contributed by atoms with Crippen LogP contribution in [0.4, 0.5) is 23.2 Å². The lowest BCUT2D eigenvalue weighted by atomic mass is 10.0. The molecule has 1 N–H and O–H groups in total. The Labute approximate surface area is 129 Å². The third kappa shape index (κ3) is 3.13. The van der Waals surface area contributed by atoms with Crippen molar-refractivity contribution in [2.75, 3.05) is 11.9 Å². The molecular weight excluding hydrogens is 312 g/mol. The Balaban J connectivity index is 2.04. The number of nitrogens with zero attached hydrogens (tertiary/aromatic N) is 1. The molecule has 0 fully saturated rings. The molecule has 1 aliphatic rings. The topological polar surface area (TPSA) is 32.3 Å². The number of amides is 1. The van der Waals surface area contributed by atoms with E-state index >= 15 is 0 Å². The van der Waals surface area contributed by atoms with E-state index in [4.69, 9.17) is 0 Å². The predicted molar refractivity (Wildman–Crippen MR) is 76.3 cm³/mol. The number of nitrogens with one attached hydrogen (secondary N) is 1. The minimum atomic E-state index is -4.54. The first kappa shape index (κ1) is 15.3. The summed E-state index contributed by atoms with van der Waals surface area (Å²) in [4.78, 5) is 13.2. The van der Waals surface area contributed by atoms with Crippen molar-refractivity contribution in [2.45, 2.75) is 12.3 Å². The highest BCUT2D eigenvalue weighted by molar-refractivity contribution is 6.01. The number of halogens is 4. The minimum absolute atomic E-state index is 0.176. The van der Waals surface area contributed by atoms with E-state index in [-0.39, 0.29) is 5.56 Å². The number of carbonyl (C=O) groups excluding carboxylic acids is 1.